The molecule has 0 saturated heterocycles. The van der Waals surface area contributed by atoms with Crippen LogP contribution in [0.25, 0.3) is 0 Å². The Hall–Kier alpha value is -1.72. The molecular weight excluding hydrogens is 242 g/mol. The Morgan fingerprint density at radius 3 is 2.44 bits per heavy atom. The quantitative estimate of drug-likeness (QED) is 0.661. The average molecular weight is 258 g/mol. The molecule has 0 unspecified atom stereocenters. The molecule has 0 aliphatic carbocycles. The number of rotatable bonds is 4. The van der Waals surface area contributed by atoms with Gasteiger partial charge in [0.25, 0.3) is 0 Å². The highest BCUT2D eigenvalue weighted by Gasteiger charge is 2.22. The molecule has 0 saturated carbocycles. The molecule has 1 aromatic carbocycles. The van der Waals surface area contributed by atoms with Crippen molar-refractivity contribution in [3.05, 3.63) is 33.9 Å². The monoisotopic (exact) mass is 258 g/mol. The Bertz CT molecular complexity index is 456. The number of anilines is 1. The van der Waals surface area contributed by atoms with Crippen LogP contribution in [0.1, 0.15) is 27.2 Å². The van der Waals surface area contributed by atoms with E-state index in [0.717, 1.165) is 12.5 Å². The summed E-state index contributed by atoms with van der Waals surface area (Å²) in [4.78, 5) is 9.86. The van der Waals surface area contributed by atoms with Crippen molar-refractivity contribution >= 4 is 11.4 Å². The van der Waals surface area contributed by atoms with Gasteiger partial charge >= 0.3 is 5.69 Å². The maximum Gasteiger partial charge on any atom is 0.327 e. The number of nitrogens with zero attached hydrogens (tertiary/aromatic N) is 1. The molecule has 4 nitrogen and oxygen atoms in total. The second kappa shape index (κ2) is 5.29. The van der Waals surface area contributed by atoms with Crippen molar-refractivity contribution in [2.24, 2.45) is 5.41 Å². The van der Waals surface area contributed by atoms with Gasteiger partial charge in [-0.3, -0.25) is 10.1 Å². The SMILES string of the molecule is CC(C)(C)CCNc1cc(F)cc(F)c1[N+](=O)[O-]. The molecule has 18 heavy (non-hydrogen) atoms. The summed E-state index contributed by atoms with van der Waals surface area (Å²) in [6, 6.07) is 1.44. The van der Waals surface area contributed by atoms with Crippen LogP contribution in [0.4, 0.5) is 20.2 Å². The van der Waals surface area contributed by atoms with Crippen LogP contribution >= 0.6 is 0 Å². The average Bonchev–Trinajstić information content (AvgIpc) is 2.13. The van der Waals surface area contributed by atoms with Crippen LogP contribution in [-0.2, 0) is 0 Å². The van der Waals surface area contributed by atoms with Gasteiger partial charge in [-0.25, -0.2) is 4.39 Å². The molecule has 1 N–H and O–H groups in total. The van der Waals surface area contributed by atoms with Crippen LogP contribution in [0.5, 0.6) is 0 Å². The maximum atomic E-state index is 13.3. The van der Waals surface area contributed by atoms with Gasteiger partial charge in [-0.2, -0.15) is 4.39 Å². The number of hydrogen-bond acceptors (Lipinski definition) is 3. The van der Waals surface area contributed by atoms with Crippen molar-refractivity contribution in [1.29, 1.82) is 0 Å². The van der Waals surface area contributed by atoms with Gasteiger partial charge < -0.3 is 5.32 Å². The van der Waals surface area contributed by atoms with Gasteiger partial charge in [-0.05, 0) is 11.8 Å². The summed E-state index contributed by atoms with van der Waals surface area (Å²) in [5.41, 5.74) is -0.805. The lowest BCUT2D eigenvalue weighted by Crippen LogP contribution is -2.14. The van der Waals surface area contributed by atoms with Gasteiger partial charge in [0.2, 0.25) is 5.82 Å². The van der Waals surface area contributed by atoms with E-state index in [0.29, 0.717) is 12.6 Å². The minimum Gasteiger partial charge on any atom is -0.379 e. The highest BCUT2D eigenvalue weighted by Crippen LogP contribution is 2.29. The molecule has 0 atom stereocenters. The standard InChI is InChI=1S/C12H16F2N2O2/c1-12(2,3)4-5-15-10-7-8(13)6-9(14)11(10)16(17)18/h6-7,15H,4-5H2,1-3H3. The van der Waals surface area contributed by atoms with Crippen molar-refractivity contribution in [1.82, 2.24) is 0 Å². The van der Waals surface area contributed by atoms with Gasteiger partial charge in [0, 0.05) is 18.7 Å². The fraction of sp³-hybridized carbons (Fsp3) is 0.500. The molecule has 0 amide bonds. The third kappa shape index (κ3) is 3.94. The molecule has 0 radical (unpaired) electrons. The Labute approximate surface area is 104 Å². The van der Waals surface area contributed by atoms with Crippen LogP contribution in [0.15, 0.2) is 12.1 Å². The van der Waals surface area contributed by atoms with Gasteiger partial charge in [0.1, 0.15) is 11.5 Å². The molecule has 6 heteroatoms. The van der Waals surface area contributed by atoms with Gasteiger partial charge in [-0.1, -0.05) is 20.8 Å². The zero-order valence-corrected chi connectivity index (χ0v) is 10.6. The van der Waals surface area contributed by atoms with Crippen molar-refractivity contribution < 1.29 is 13.7 Å². The van der Waals surface area contributed by atoms with E-state index in [1.165, 1.54) is 0 Å². The Morgan fingerprint density at radius 2 is 1.94 bits per heavy atom. The second-order valence-corrected chi connectivity index (χ2v) is 5.28. The van der Waals surface area contributed by atoms with Crippen LogP contribution in [0, 0.1) is 27.2 Å². The first-order chi connectivity index (χ1) is 8.20. The van der Waals surface area contributed by atoms with E-state index in [1.54, 1.807) is 0 Å². The smallest absolute Gasteiger partial charge is 0.327 e. The summed E-state index contributed by atoms with van der Waals surface area (Å²) in [6.45, 7) is 6.44. The van der Waals surface area contributed by atoms with Crippen molar-refractivity contribution in [3.63, 3.8) is 0 Å². The molecule has 0 aliphatic heterocycles. The van der Waals surface area contributed by atoms with Gasteiger partial charge in [0.05, 0.1) is 4.92 Å². The van der Waals surface area contributed by atoms with E-state index >= 15 is 0 Å². The van der Waals surface area contributed by atoms with E-state index in [-0.39, 0.29) is 11.1 Å². The Balaban J connectivity index is 2.90. The minimum atomic E-state index is -1.17. The molecule has 0 heterocycles. The lowest BCUT2D eigenvalue weighted by atomic mass is 9.92. The topological polar surface area (TPSA) is 55.2 Å². The number of nitro groups is 1. The first kappa shape index (κ1) is 14.3. The summed E-state index contributed by atoms with van der Waals surface area (Å²) in [7, 11) is 0. The predicted octanol–water partition coefficient (Wildman–Crippen LogP) is 3.72. The summed E-state index contributed by atoms with van der Waals surface area (Å²) >= 11 is 0. The molecule has 0 aliphatic rings. The Morgan fingerprint density at radius 1 is 1.33 bits per heavy atom. The molecule has 1 rings (SSSR count). The molecule has 0 fully saturated rings. The fourth-order valence-corrected chi connectivity index (χ4v) is 1.46. The lowest BCUT2D eigenvalue weighted by molar-refractivity contribution is -0.386. The molecular formula is C12H16F2N2O2. The van der Waals surface area contributed by atoms with Gasteiger partial charge in [0.15, 0.2) is 0 Å². The maximum absolute atomic E-state index is 13.3. The zero-order valence-electron chi connectivity index (χ0n) is 10.6. The molecule has 0 bridgehead atoms. The zero-order chi connectivity index (χ0) is 13.9. The number of nitrogens with one attached hydrogen (secondary N) is 1. The summed E-state index contributed by atoms with van der Waals surface area (Å²) in [6.07, 6.45) is 0.724. The first-order valence-electron chi connectivity index (χ1n) is 5.58. The van der Waals surface area contributed by atoms with Crippen molar-refractivity contribution in [2.75, 3.05) is 11.9 Å². The summed E-state index contributed by atoms with van der Waals surface area (Å²) in [5.74, 6) is -2.00. The minimum absolute atomic E-state index is 0.0354. The molecule has 100 valence electrons. The lowest BCUT2D eigenvalue weighted by Gasteiger charge is -2.18. The fourth-order valence-electron chi connectivity index (χ4n) is 1.46. The van der Waals surface area contributed by atoms with E-state index in [2.05, 4.69) is 5.32 Å². The van der Waals surface area contributed by atoms with E-state index < -0.39 is 22.2 Å². The summed E-state index contributed by atoms with van der Waals surface area (Å²) < 4.78 is 26.3. The van der Waals surface area contributed by atoms with E-state index in [9.17, 15) is 18.9 Å². The van der Waals surface area contributed by atoms with Crippen LogP contribution in [-0.4, -0.2) is 11.5 Å². The van der Waals surface area contributed by atoms with E-state index in [1.807, 2.05) is 20.8 Å². The number of halogens is 2. The summed E-state index contributed by atoms with van der Waals surface area (Å²) in [5, 5.41) is 13.4. The van der Waals surface area contributed by atoms with Crippen molar-refractivity contribution in [3.8, 4) is 0 Å². The first-order valence-corrected chi connectivity index (χ1v) is 5.58. The van der Waals surface area contributed by atoms with Gasteiger partial charge in [-0.15, -0.1) is 0 Å². The second-order valence-electron chi connectivity index (χ2n) is 5.28. The third-order valence-electron chi connectivity index (χ3n) is 2.40. The highest BCUT2D eigenvalue weighted by atomic mass is 19.1. The van der Waals surface area contributed by atoms with Crippen LogP contribution in [0.3, 0.4) is 0 Å². The third-order valence-corrected chi connectivity index (χ3v) is 2.40. The largest absolute Gasteiger partial charge is 0.379 e. The molecule has 0 spiro atoms. The number of nitro benzene ring substituents is 1. The van der Waals surface area contributed by atoms with Crippen molar-refractivity contribution in [2.45, 2.75) is 27.2 Å². The normalized spacial score (nSPS) is 11.4. The molecule has 1 aromatic rings. The Kier molecular flexibility index (Phi) is 4.21. The molecule has 0 aromatic heterocycles. The predicted molar refractivity (Wildman–Crippen MR) is 65.6 cm³/mol. The highest BCUT2D eigenvalue weighted by molar-refractivity contribution is 5.62. The van der Waals surface area contributed by atoms with Crippen LogP contribution < -0.4 is 5.32 Å². The number of benzene rings is 1. The number of hydrogen-bond donors (Lipinski definition) is 1. The van der Waals surface area contributed by atoms with E-state index in [4.69, 9.17) is 0 Å². The van der Waals surface area contributed by atoms with Crippen LogP contribution in [0.2, 0.25) is 0 Å².